The Morgan fingerprint density at radius 1 is 0.979 bits per heavy atom. The monoisotopic (exact) mass is 663 g/mol. The second kappa shape index (κ2) is 20.4. The summed E-state index contributed by atoms with van der Waals surface area (Å²) in [5.74, 6) is 0.0125. The number of aromatic nitrogens is 1. The average Bonchev–Trinajstić information content (AvgIpc) is 3.84. The van der Waals surface area contributed by atoms with Crippen LogP contribution in [0.4, 0.5) is 4.79 Å². The first kappa shape index (κ1) is 40.3. The molecule has 11 heteroatoms. The number of hydrogen-bond acceptors (Lipinski definition) is 9. The van der Waals surface area contributed by atoms with Gasteiger partial charge in [0.1, 0.15) is 0 Å². The van der Waals surface area contributed by atoms with E-state index >= 15 is 0 Å². The van der Waals surface area contributed by atoms with Gasteiger partial charge in [-0.3, -0.25) is 9.59 Å². The van der Waals surface area contributed by atoms with E-state index in [1.54, 1.807) is 28.1 Å². The lowest BCUT2D eigenvalue weighted by Gasteiger charge is -2.32. The van der Waals surface area contributed by atoms with Gasteiger partial charge in [0.05, 0.1) is 25.2 Å². The van der Waals surface area contributed by atoms with E-state index in [0.717, 1.165) is 43.2 Å². The molecule has 3 N–H and O–H groups in total. The molecule has 268 valence electrons. The molecule has 1 aliphatic carbocycles. The summed E-state index contributed by atoms with van der Waals surface area (Å²) in [7, 11) is 3.32. The fourth-order valence-electron chi connectivity index (χ4n) is 5.58. The lowest BCUT2D eigenvalue weighted by Crippen LogP contribution is -2.48. The Hall–Kier alpha value is -2.92. The summed E-state index contributed by atoms with van der Waals surface area (Å²) >= 11 is 0. The third kappa shape index (κ3) is 14.8. The van der Waals surface area contributed by atoms with Gasteiger partial charge in [-0.2, -0.15) is 0 Å². The van der Waals surface area contributed by atoms with Crippen LogP contribution in [0.15, 0.2) is 12.3 Å². The number of methoxy groups -OCH3 is 2. The first-order valence-corrected chi connectivity index (χ1v) is 17.4. The molecule has 11 nitrogen and oxygen atoms in total. The summed E-state index contributed by atoms with van der Waals surface area (Å²) in [6.45, 7) is 14.4. The lowest BCUT2D eigenvalue weighted by molar-refractivity contribution is -0.168. The van der Waals surface area contributed by atoms with Crippen molar-refractivity contribution < 1.29 is 38.4 Å². The van der Waals surface area contributed by atoms with Crippen LogP contribution >= 0.6 is 0 Å². The molecule has 4 unspecified atom stereocenters. The van der Waals surface area contributed by atoms with E-state index in [1.165, 1.54) is 6.92 Å². The Kier molecular flexibility index (Phi) is 17.5. The minimum Gasteiger partial charge on any atom is -0.481 e. The molecule has 1 aliphatic rings. The van der Waals surface area contributed by atoms with Crippen LogP contribution in [0.3, 0.4) is 0 Å². The van der Waals surface area contributed by atoms with Crippen LogP contribution in [0.1, 0.15) is 98.1 Å². The first-order valence-electron chi connectivity index (χ1n) is 17.4. The van der Waals surface area contributed by atoms with E-state index in [0.29, 0.717) is 37.8 Å². The number of ether oxygens (including phenoxy) is 4. The molecule has 2 amide bonds. The third-order valence-electron chi connectivity index (χ3n) is 8.91. The number of amides is 2. The molecule has 1 heterocycles. The van der Waals surface area contributed by atoms with Crippen LogP contribution in [-0.2, 0) is 36.6 Å². The van der Waals surface area contributed by atoms with Gasteiger partial charge in [0.2, 0.25) is 18.1 Å². The molecule has 5 atom stereocenters. The Bertz CT molecular complexity index is 1110. The minimum atomic E-state index is -1.10. The number of aliphatic hydroxyl groups is 1. The van der Waals surface area contributed by atoms with Crippen LogP contribution in [0.25, 0.3) is 0 Å². The molecule has 1 fully saturated rings. The van der Waals surface area contributed by atoms with Gasteiger partial charge in [-0.05, 0) is 86.7 Å². The summed E-state index contributed by atoms with van der Waals surface area (Å²) in [5, 5.41) is 17.6. The standard InChI is InChI=1S/C36H61N3O8/c1-22(2)29(17-27-16-28(12-10-11-15-44-8)34(45-9)38-21-27)18-31(39-36(43)47-25(7)46-35(42)24(5)6)32(40)19-30(23(3)4)33(41)37-20-26-13-14-26/h16,21-26,29-32,40H,10-15,17-20H2,1-9H3,(H,37,41)(H,39,43)/t25?,29?,30?,31-,32?/m0/s1. The quantitative estimate of drug-likeness (QED) is 0.0837. The SMILES string of the molecule is COCCCCc1cc(CC(C[C@H](NC(=O)OC(C)OC(=O)C(C)C)C(O)CC(C(=O)NCC2CC2)C(C)C)C(C)C)cnc1OC. The maximum Gasteiger partial charge on any atom is 0.410 e. The molecule has 0 bridgehead atoms. The van der Waals surface area contributed by atoms with Crippen molar-refractivity contribution >= 4 is 18.0 Å². The van der Waals surface area contributed by atoms with Gasteiger partial charge in [0.15, 0.2) is 0 Å². The van der Waals surface area contributed by atoms with Crippen LogP contribution in [0.2, 0.25) is 0 Å². The number of aryl methyl sites for hydroxylation is 1. The fourth-order valence-corrected chi connectivity index (χ4v) is 5.58. The Balaban J connectivity index is 2.26. The van der Waals surface area contributed by atoms with Gasteiger partial charge in [0.25, 0.3) is 0 Å². The number of alkyl carbamates (subject to hydrolysis) is 1. The van der Waals surface area contributed by atoms with Gasteiger partial charge in [-0.25, -0.2) is 9.78 Å². The highest BCUT2D eigenvalue weighted by atomic mass is 16.7. The number of rotatable bonds is 22. The number of carbonyl (C=O) groups excluding carboxylic acids is 3. The average molecular weight is 664 g/mol. The number of carbonyl (C=O) groups is 3. The lowest BCUT2D eigenvalue weighted by atomic mass is 9.80. The molecule has 47 heavy (non-hydrogen) atoms. The number of nitrogens with one attached hydrogen (secondary N) is 2. The molecular formula is C36H61N3O8. The molecule has 0 aromatic carbocycles. The largest absolute Gasteiger partial charge is 0.481 e. The molecule has 2 rings (SSSR count). The summed E-state index contributed by atoms with van der Waals surface area (Å²) in [6.07, 6.45) is 5.11. The fraction of sp³-hybridized carbons (Fsp3) is 0.778. The summed E-state index contributed by atoms with van der Waals surface area (Å²) in [6, 6.07) is 1.41. The van der Waals surface area contributed by atoms with Crippen LogP contribution < -0.4 is 15.4 Å². The Morgan fingerprint density at radius 3 is 2.26 bits per heavy atom. The van der Waals surface area contributed by atoms with Crippen molar-refractivity contribution in [3.63, 3.8) is 0 Å². The molecule has 0 saturated heterocycles. The number of nitrogens with zero attached hydrogens (tertiary/aromatic N) is 1. The number of hydrogen-bond donors (Lipinski definition) is 3. The van der Waals surface area contributed by atoms with Crippen molar-refractivity contribution in [2.24, 2.45) is 35.5 Å². The number of pyridine rings is 1. The summed E-state index contributed by atoms with van der Waals surface area (Å²) in [4.78, 5) is 42.8. The normalized spacial score (nSPS) is 16.4. The van der Waals surface area contributed by atoms with Crippen molar-refractivity contribution in [1.82, 2.24) is 15.6 Å². The van der Waals surface area contributed by atoms with Gasteiger partial charge < -0.3 is 34.7 Å². The van der Waals surface area contributed by atoms with Crippen molar-refractivity contribution in [1.29, 1.82) is 0 Å². The summed E-state index contributed by atoms with van der Waals surface area (Å²) < 4.78 is 21.3. The van der Waals surface area contributed by atoms with Crippen LogP contribution in [-0.4, -0.2) is 73.9 Å². The molecule has 1 saturated carbocycles. The zero-order valence-electron chi connectivity index (χ0n) is 30.2. The molecular weight excluding hydrogens is 602 g/mol. The summed E-state index contributed by atoms with van der Waals surface area (Å²) in [5.41, 5.74) is 2.07. The molecule has 0 aliphatic heterocycles. The van der Waals surface area contributed by atoms with Crippen LogP contribution in [0.5, 0.6) is 5.88 Å². The predicted molar refractivity (Wildman–Crippen MR) is 181 cm³/mol. The Labute approximate surface area is 282 Å². The number of unbranched alkanes of at least 4 members (excludes halogenated alkanes) is 1. The topological polar surface area (TPSA) is 145 Å². The first-order chi connectivity index (χ1) is 22.2. The second-order valence-corrected chi connectivity index (χ2v) is 14.1. The smallest absolute Gasteiger partial charge is 0.410 e. The van der Waals surface area contributed by atoms with Crippen molar-refractivity contribution in [2.75, 3.05) is 27.4 Å². The maximum absolute atomic E-state index is 13.2. The number of esters is 1. The van der Waals surface area contributed by atoms with Gasteiger partial charge in [-0.1, -0.05) is 41.5 Å². The van der Waals surface area contributed by atoms with E-state index in [9.17, 15) is 19.5 Å². The minimum absolute atomic E-state index is 0.0134. The Morgan fingerprint density at radius 2 is 1.68 bits per heavy atom. The zero-order valence-corrected chi connectivity index (χ0v) is 30.2. The molecule has 1 aromatic heterocycles. The van der Waals surface area contributed by atoms with E-state index in [1.807, 2.05) is 20.0 Å². The highest BCUT2D eigenvalue weighted by molar-refractivity contribution is 5.79. The highest BCUT2D eigenvalue weighted by Crippen LogP contribution is 2.30. The molecule has 0 radical (unpaired) electrons. The highest BCUT2D eigenvalue weighted by Gasteiger charge is 2.34. The van der Waals surface area contributed by atoms with Crippen molar-refractivity contribution in [3.05, 3.63) is 23.4 Å². The van der Waals surface area contributed by atoms with Crippen molar-refractivity contribution in [3.8, 4) is 5.88 Å². The van der Waals surface area contributed by atoms with E-state index in [-0.39, 0.29) is 36.0 Å². The second-order valence-electron chi connectivity index (χ2n) is 14.1. The van der Waals surface area contributed by atoms with E-state index in [4.69, 9.17) is 18.9 Å². The van der Waals surface area contributed by atoms with Gasteiger partial charge in [-0.15, -0.1) is 0 Å². The molecule has 0 spiro atoms. The predicted octanol–water partition coefficient (Wildman–Crippen LogP) is 5.45. The van der Waals surface area contributed by atoms with Gasteiger partial charge in [0, 0.05) is 44.9 Å². The van der Waals surface area contributed by atoms with Crippen molar-refractivity contribution in [2.45, 2.75) is 118 Å². The van der Waals surface area contributed by atoms with Crippen LogP contribution in [0, 0.1) is 35.5 Å². The molecule has 1 aromatic rings. The maximum atomic E-state index is 13.2. The zero-order chi connectivity index (χ0) is 35.1. The van der Waals surface area contributed by atoms with Gasteiger partial charge >= 0.3 is 12.1 Å². The van der Waals surface area contributed by atoms with E-state index in [2.05, 4.69) is 35.5 Å². The van der Waals surface area contributed by atoms with E-state index < -0.39 is 36.4 Å². The number of aliphatic hydroxyl groups excluding tert-OH is 1. The third-order valence-corrected chi connectivity index (χ3v) is 8.91.